The Morgan fingerprint density at radius 2 is 1.97 bits per heavy atom. The molecular weight excluding hydrogens is 442 g/mol. The van der Waals surface area contributed by atoms with Gasteiger partial charge in [-0.15, -0.1) is 23.7 Å². The average molecular weight is 461 g/mol. The summed E-state index contributed by atoms with van der Waals surface area (Å²) in [5.41, 5.74) is -0.0483. The van der Waals surface area contributed by atoms with Crippen LogP contribution >= 0.6 is 23.7 Å². The first kappa shape index (κ1) is 21.8. The van der Waals surface area contributed by atoms with E-state index < -0.39 is 21.7 Å². The van der Waals surface area contributed by atoms with Gasteiger partial charge < -0.3 is 10.2 Å². The number of thiophene rings is 1. The summed E-state index contributed by atoms with van der Waals surface area (Å²) in [6, 6.07) is 7.04. The highest BCUT2D eigenvalue weighted by atomic mass is 35.5. The maximum atomic E-state index is 13.8. The average Bonchev–Trinajstić information content (AvgIpc) is 3.15. The molecule has 0 amide bonds. The summed E-state index contributed by atoms with van der Waals surface area (Å²) in [6.45, 7) is 2.94. The van der Waals surface area contributed by atoms with E-state index in [0.717, 1.165) is 59.5 Å². The third-order valence-electron chi connectivity index (χ3n) is 4.57. The fourth-order valence-corrected chi connectivity index (χ4v) is 5.54. The molecule has 0 unspecified atom stereocenters. The van der Waals surface area contributed by atoms with E-state index in [2.05, 4.69) is 19.9 Å². The number of aromatic nitrogens is 1. The summed E-state index contributed by atoms with van der Waals surface area (Å²) < 4.78 is 55.8. The molecule has 1 saturated heterocycles. The van der Waals surface area contributed by atoms with Crippen LogP contribution in [0.5, 0.6) is 0 Å². The first-order valence-corrected chi connectivity index (χ1v) is 11.0. The first-order chi connectivity index (χ1) is 13.5. The van der Waals surface area contributed by atoms with Crippen LogP contribution in [0, 0.1) is 11.6 Å². The lowest BCUT2D eigenvalue weighted by Crippen LogP contribution is -2.43. The molecule has 29 heavy (non-hydrogen) atoms. The van der Waals surface area contributed by atoms with Gasteiger partial charge in [-0.05, 0) is 18.2 Å². The Morgan fingerprint density at radius 1 is 1.21 bits per heavy atom. The highest BCUT2D eigenvalue weighted by Crippen LogP contribution is 2.34. The molecule has 0 spiro atoms. The molecule has 0 bridgehead atoms. The number of halogens is 3. The van der Waals surface area contributed by atoms with E-state index in [4.69, 9.17) is 0 Å². The summed E-state index contributed by atoms with van der Waals surface area (Å²) in [5.74, 6) is -1.30. The van der Waals surface area contributed by atoms with Crippen LogP contribution in [-0.2, 0) is 16.6 Å². The Hall–Kier alpha value is -1.85. The monoisotopic (exact) mass is 460 g/mol. The number of sulfonamides is 1. The van der Waals surface area contributed by atoms with Gasteiger partial charge in [-0.1, -0.05) is 12.1 Å². The van der Waals surface area contributed by atoms with Crippen LogP contribution in [0.2, 0.25) is 0 Å². The van der Waals surface area contributed by atoms with Crippen molar-refractivity contribution < 1.29 is 17.2 Å². The number of rotatable bonds is 5. The smallest absolute Gasteiger partial charge is 0.250 e. The molecule has 1 aliphatic heterocycles. The second-order valence-electron chi connectivity index (χ2n) is 6.39. The standard InChI is InChI=1S/C18H18F2N4O2S2.ClH/c19-14-3-1-2-12(17(14)20)11-23-28(25,26)16-10-13-15(27-16)4-5-22-18(13)24-8-6-21-7-9-24;/h1-5,10,21,23H,6-9,11H2;1H. The molecule has 3 aromatic rings. The lowest BCUT2D eigenvalue weighted by molar-refractivity contribution is 0.496. The van der Waals surface area contributed by atoms with Crippen LogP contribution in [0.4, 0.5) is 14.6 Å². The summed E-state index contributed by atoms with van der Waals surface area (Å²) in [5, 5.41) is 4.04. The molecule has 2 N–H and O–H groups in total. The number of anilines is 1. The molecule has 6 nitrogen and oxygen atoms in total. The molecule has 1 aromatic carbocycles. The van der Waals surface area contributed by atoms with Crippen molar-refractivity contribution in [2.75, 3.05) is 31.1 Å². The quantitative estimate of drug-likeness (QED) is 0.612. The molecule has 2 aromatic heterocycles. The Balaban J connectivity index is 0.00000240. The topological polar surface area (TPSA) is 74.3 Å². The van der Waals surface area contributed by atoms with Gasteiger partial charge in [0.1, 0.15) is 10.0 Å². The van der Waals surface area contributed by atoms with Crippen molar-refractivity contribution in [1.29, 1.82) is 0 Å². The van der Waals surface area contributed by atoms with Gasteiger partial charge in [0.25, 0.3) is 0 Å². The zero-order valence-corrected chi connectivity index (χ0v) is 17.6. The zero-order chi connectivity index (χ0) is 19.7. The van der Waals surface area contributed by atoms with E-state index in [1.54, 1.807) is 18.3 Å². The molecular formula is C18H19ClF2N4O2S2. The van der Waals surface area contributed by atoms with E-state index in [1.807, 2.05) is 0 Å². The van der Waals surface area contributed by atoms with E-state index >= 15 is 0 Å². The number of fused-ring (bicyclic) bond motifs is 1. The van der Waals surface area contributed by atoms with Gasteiger partial charge in [0, 0.05) is 54.6 Å². The highest BCUT2D eigenvalue weighted by Gasteiger charge is 2.22. The summed E-state index contributed by atoms with van der Waals surface area (Å²) in [7, 11) is -3.88. The molecule has 1 aliphatic rings. The van der Waals surface area contributed by atoms with Crippen LogP contribution in [0.25, 0.3) is 10.1 Å². The minimum Gasteiger partial charge on any atom is -0.354 e. The fourth-order valence-electron chi connectivity index (χ4n) is 3.12. The summed E-state index contributed by atoms with van der Waals surface area (Å²) >= 11 is 1.12. The first-order valence-electron chi connectivity index (χ1n) is 8.72. The number of pyridine rings is 1. The fraction of sp³-hybridized carbons (Fsp3) is 0.278. The minimum absolute atomic E-state index is 0. The molecule has 4 rings (SSSR count). The number of hydrogen-bond acceptors (Lipinski definition) is 6. The largest absolute Gasteiger partial charge is 0.354 e. The number of piperazine rings is 1. The maximum absolute atomic E-state index is 13.8. The van der Waals surface area contributed by atoms with Gasteiger partial charge in [0.15, 0.2) is 11.6 Å². The van der Waals surface area contributed by atoms with Crippen LogP contribution < -0.4 is 14.9 Å². The number of hydrogen-bond donors (Lipinski definition) is 2. The Bertz CT molecular complexity index is 1120. The molecule has 0 saturated carbocycles. The number of nitrogens with zero attached hydrogens (tertiary/aromatic N) is 2. The van der Waals surface area contributed by atoms with Crippen molar-refractivity contribution in [3.8, 4) is 0 Å². The third-order valence-corrected chi connectivity index (χ3v) is 7.54. The van der Waals surface area contributed by atoms with Crippen molar-refractivity contribution in [1.82, 2.24) is 15.0 Å². The predicted octanol–water partition coefficient (Wildman–Crippen LogP) is 2.88. The van der Waals surface area contributed by atoms with Crippen molar-refractivity contribution in [3.63, 3.8) is 0 Å². The number of nitrogens with one attached hydrogen (secondary N) is 2. The van der Waals surface area contributed by atoms with Crippen molar-refractivity contribution in [2.24, 2.45) is 0 Å². The highest BCUT2D eigenvalue weighted by molar-refractivity contribution is 7.91. The molecule has 0 atom stereocenters. The molecule has 1 fully saturated rings. The zero-order valence-electron chi connectivity index (χ0n) is 15.2. The van der Waals surface area contributed by atoms with Crippen LogP contribution in [0.15, 0.2) is 40.7 Å². The van der Waals surface area contributed by atoms with Gasteiger partial charge in [-0.25, -0.2) is 26.9 Å². The third kappa shape index (κ3) is 4.51. The van der Waals surface area contributed by atoms with Gasteiger partial charge >= 0.3 is 0 Å². The van der Waals surface area contributed by atoms with Crippen LogP contribution in [0.3, 0.4) is 0 Å². The van der Waals surface area contributed by atoms with Gasteiger partial charge in [0.05, 0.1) is 0 Å². The Labute approximate surface area is 177 Å². The lowest BCUT2D eigenvalue weighted by atomic mass is 10.2. The van der Waals surface area contributed by atoms with Crippen molar-refractivity contribution in [3.05, 3.63) is 53.7 Å². The molecule has 0 radical (unpaired) electrons. The van der Waals surface area contributed by atoms with E-state index in [1.165, 1.54) is 12.1 Å². The van der Waals surface area contributed by atoms with Crippen LogP contribution in [0.1, 0.15) is 5.56 Å². The SMILES string of the molecule is Cl.O=S(=O)(NCc1cccc(F)c1F)c1cc2c(N3CCNCC3)nccc2s1. The summed E-state index contributed by atoms with van der Waals surface area (Å²) in [6.07, 6.45) is 1.67. The lowest BCUT2D eigenvalue weighted by Gasteiger charge is -2.28. The second kappa shape index (κ2) is 8.88. The van der Waals surface area contributed by atoms with E-state index in [-0.39, 0.29) is 28.7 Å². The van der Waals surface area contributed by atoms with E-state index in [9.17, 15) is 17.2 Å². The van der Waals surface area contributed by atoms with Crippen molar-refractivity contribution >= 4 is 49.7 Å². The van der Waals surface area contributed by atoms with Gasteiger partial charge in [-0.3, -0.25) is 0 Å². The molecule has 3 heterocycles. The maximum Gasteiger partial charge on any atom is 0.250 e. The van der Waals surface area contributed by atoms with Gasteiger partial charge in [-0.2, -0.15) is 0 Å². The van der Waals surface area contributed by atoms with Gasteiger partial charge in [0.2, 0.25) is 10.0 Å². The summed E-state index contributed by atoms with van der Waals surface area (Å²) in [4.78, 5) is 6.56. The van der Waals surface area contributed by atoms with Crippen molar-refractivity contribution in [2.45, 2.75) is 10.8 Å². The predicted molar refractivity (Wildman–Crippen MR) is 112 cm³/mol. The van der Waals surface area contributed by atoms with Crippen LogP contribution in [-0.4, -0.2) is 39.6 Å². The minimum atomic E-state index is -3.88. The Kier molecular flexibility index (Phi) is 6.69. The number of benzene rings is 1. The molecule has 156 valence electrons. The Morgan fingerprint density at radius 3 is 2.72 bits per heavy atom. The van der Waals surface area contributed by atoms with E-state index in [0.29, 0.717) is 0 Å². The normalized spacial score (nSPS) is 14.8. The molecule has 11 heteroatoms. The second-order valence-corrected chi connectivity index (χ2v) is 9.46. The molecule has 0 aliphatic carbocycles.